The number of hydrogen-bond acceptors (Lipinski definition) is 5. The lowest BCUT2D eigenvalue weighted by Gasteiger charge is -2.32. The Bertz CT molecular complexity index is 491. The van der Waals surface area contributed by atoms with Gasteiger partial charge < -0.3 is 15.4 Å². The van der Waals surface area contributed by atoms with Gasteiger partial charge >= 0.3 is 5.69 Å². The number of rotatable bonds is 4. The van der Waals surface area contributed by atoms with Crippen molar-refractivity contribution in [2.45, 2.75) is 38.8 Å². The lowest BCUT2D eigenvalue weighted by atomic mass is 10.1. The van der Waals surface area contributed by atoms with Crippen LogP contribution in [0, 0.1) is 10.1 Å². The molecule has 0 bridgehead atoms. The van der Waals surface area contributed by atoms with E-state index in [0.29, 0.717) is 18.0 Å². The fourth-order valence-corrected chi connectivity index (χ4v) is 2.53. The molecule has 2 N–H and O–H groups in total. The first-order valence-electron chi connectivity index (χ1n) is 6.93. The van der Waals surface area contributed by atoms with Crippen molar-refractivity contribution in [1.29, 1.82) is 0 Å². The molecule has 6 nitrogen and oxygen atoms in total. The van der Waals surface area contributed by atoms with Crippen LogP contribution >= 0.6 is 0 Å². The van der Waals surface area contributed by atoms with Crippen molar-refractivity contribution in [1.82, 2.24) is 0 Å². The molecule has 1 fully saturated rings. The van der Waals surface area contributed by atoms with Crippen LogP contribution in [0.15, 0.2) is 18.2 Å². The first-order chi connectivity index (χ1) is 9.49. The first kappa shape index (κ1) is 14.6. The Balaban J connectivity index is 2.38. The van der Waals surface area contributed by atoms with Gasteiger partial charge in [-0.05, 0) is 38.8 Å². The van der Waals surface area contributed by atoms with Crippen LogP contribution in [-0.4, -0.2) is 30.2 Å². The van der Waals surface area contributed by atoms with Crippen molar-refractivity contribution < 1.29 is 9.66 Å². The Morgan fingerprint density at radius 1 is 1.50 bits per heavy atom. The maximum Gasteiger partial charge on any atom is 0.333 e. The molecule has 0 spiro atoms. The second-order valence-electron chi connectivity index (χ2n) is 5.40. The summed E-state index contributed by atoms with van der Waals surface area (Å²) in [7, 11) is 0. The Morgan fingerprint density at radius 2 is 2.25 bits per heavy atom. The van der Waals surface area contributed by atoms with Gasteiger partial charge in [-0.3, -0.25) is 10.1 Å². The summed E-state index contributed by atoms with van der Waals surface area (Å²) < 4.78 is 5.57. The monoisotopic (exact) mass is 279 g/mol. The average Bonchev–Trinajstić information content (AvgIpc) is 2.37. The minimum absolute atomic E-state index is 0.0373. The topological polar surface area (TPSA) is 81.6 Å². The van der Waals surface area contributed by atoms with Crippen LogP contribution in [0.2, 0.25) is 0 Å². The van der Waals surface area contributed by atoms with E-state index in [9.17, 15) is 10.1 Å². The zero-order valence-corrected chi connectivity index (χ0v) is 11.9. The number of benzene rings is 1. The second-order valence-corrected chi connectivity index (χ2v) is 5.40. The van der Waals surface area contributed by atoms with Gasteiger partial charge in [-0.2, -0.15) is 0 Å². The lowest BCUT2D eigenvalue weighted by Crippen LogP contribution is -2.43. The van der Waals surface area contributed by atoms with Gasteiger partial charge in [0.05, 0.1) is 11.0 Å². The van der Waals surface area contributed by atoms with Gasteiger partial charge in [0, 0.05) is 19.1 Å². The second kappa shape index (κ2) is 6.09. The van der Waals surface area contributed by atoms with Gasteiger partial charge in [-0.25, -0.2) is 0 Å². The van der Waals surface area contributed by atoms with E-state index in [1.54, 1.807) is 18.2 Å². The summed E-state index contributed by atoms with van der Waals surface area (Å²) in [4.78, 5) is 13.0. The van der Waals surface area contributed by atoms with Gasteiger partial charge in [0.15, 0.2) is 5.75 Å². The zero-order valence-electron chi connectivity index (χ0n) is 11.9. The standard InChI is InChI=1S/C14H21N3O3/c1-10(2)20-13-7-3-6-12(14(13)17(18)19)16-8-4-5-11(15)9-16/h3,6-7,10-11H,4-5,8-9,15H2,1-2H3. The number of anilines is 1. The van der Waals surface area contributed by atoms with Crippen molar-refractivity contribution in [2.75, 3.05) is 18.0 Å². The molecule has 1 saturated heterocycles. The summed E-state index contributed by atoms with van der Waals surface area (Å²) in [5, 5.41) is 11.4. The van der Waals surface area contributed by atoms with E-state index in [4.69, 9.17) is 10.5 Å². The summed E-state index contributed by atoms with van der Waals surface area (Å²) >= 11 is 0. The molecule has 0 saturated carbocycles. The van der Waals surface area contributed by atoms with Crippen LogP contribution in [0.4, 0.5) is 11.4 Å². The molecule has 1 unspecified atom stereocenters. The van der Waals surface area contributed by atoms with Crippen molar-refractivity contribution in [2.24, 2.45) is 5.73 Å². The van der Waals surface area contributed by atoms with Crippen LogP contribution in [0.5, 0.6) is 5.75 Å². The third kappa shape index (κ3) is 3.19. The highest BCUT2D eigenvalue weighted by Crippen LogP contribution is 2.38. The van der Waals surface area contributed by atoms with Gasteiger partial charge in [0.25, 0.3) is 0 Å². The van der Waals surface area contributed by atoms with Crippen molar-refractivity contribution >= 4 is 11.4 Å². The lowest BCUT2D eigenvalue weighted by molar-refractivity contribution is -0.385. The maximum absolute atomic E-state index is 11.4. The molecule has 6 heteroatoms. The number of nitrogens with zero attached hydrogens (tertiary/aromatic N) is 2. The van der Waals surface area contributed by atoms with E-state index < -0.39 is 0 Å². The van der Waals surface area contributed by atoms with E-state index in [1.807, 2.05) is 18.7 Å². The summed E-state index contributed by atoms with van der Waals surface area (Å²) in [6.07, 6.45) is 1.81. The van der Waals surface area contributed by atoms with E-state index in [1.165, 1.54) is 0 Å². The number of para-hydroxylation sites is 1. The Labute approximate surface area is 118 Å². The molecule has 1 aromatic rings. The number of nitro benzene ring substituents is 1. The molecule has 20 heavy (non-hydrogen) atoms. The predicted octanol–water partition coefficient (Wildman–Crippen LogP) is 2.31. The van der Waals surface area contributed by atoms with Crippen LogP contribution in [0.3, 0.4) is 0 Å². The predicted molar refractivity (Wildman–Crippen MR) is 78.3 cm³/mol. The zero-order chi connectivity index (χ0) is 14.7. The molecule has 2 rings (SSSR count). The van der Waals surface area contributed by atoms with E-state index in [-0.39, 0.29) is 22.8 Å². The van der Waals surface area contributed by atoms with Crippen LogP contribution < -0.4 is 15.4 Å². The maximum atomic E-state index is 11.4. The fourth-order valence-electron chi connectivity index (χ4n) is 2.53. The minimum atomic E-state index is -0.368. The van der Waals surface area contributed by atoms with Gasteiger partial charge in [0.2, 0.25) is 0 Å². The van der Waals surface area contributed by atoms with E-state index >= 15 is 0 Å². The van der Waals surface area contributed by atoms with Crippen molar-refractivity contribution in [3.8, 4) is 5.75 Å². The SMILES string of the molecule is CC(C)Oc1cccc(N2CCCC(N)C2)c1[N+](=O)[O-]. The highest BCUT2D eigenvalue weighted by atomic mass is 16.6. The smallest absolute Gasteiger partial charge is 0.333 e. The molecular weight excluding hydrogens is 258 g/mol. The number of nitrogens with two attached hydrogens (primary N) is 1. The number of piperidine rings is 1. The number of ether oxygens (including phenoxy) is 1. The minimum Gasteiger partial charge on any atom is -0.484 e. The van der Waals surface area contributed by atoms with Gasteiger partial charge in [-0.1, -0.05) is 6.07 Å². The molecule has 1 heterocycles. The largest absolute Gasteiger partial charge is 0.484 e. The molecule has 1 aromatic carbocycles. The number of hydrogen-bond donors (Lipinski definition) is 1. The van der Waals surface area contributed by atoms with E-state index in [0.717, 1.165) is 19.4 Å². The fraction of sp³-hybridized carbons (Fsp3) is 0.571. The normalized spacial score (nSPS) is 19.2. The summed E-state index contributed by atoms with van der Waals surface area (Å²) in [5.41, 5.74) is 6.60. The molecule has 1 atom stereocenters. The summed E-state index contributed by atoms with van der Waals surface area (Å²) in [6, 6.07) is 5.27. The molecule has 0 radical (unpaired) electrons. The Kier molecular flexibility index (Phi) is 4.44. The molecule has 0 aromatic heterocycles. The van der Waals surface area contributed by atoms with Gasteiger partial charge in [0.1, 0.15) is 5.69 Å². The van der Waals surface area contributed by atoms with E-state index in [2.05, 4.69) is 0 Å². The highest BCUT2D eigenvalue weighted by Gasteiger charge is 2.27. The average molecular weight is 279 g/mol. The molecule has 0 amide bonds. The molecule has 110 valence electrons. The molecule has 1 aliphatic rings. The quantitative estimate of drug-likeness (QED) is 0.675. The Morgan fingerprint density at radius 3 is 2.85 bits per heavy atom. The summed E-state index contributed by atoms with van der Waals surface area (Å²) in [5.74, 6) is 0.321. The van der Waals surface area contributed by atoms with Crippen LogP contribution in [0.1, 0.15) is 26.7 Å². The van der Waals surface area contributed by atoms with Crippen LogP contribution in [-0.2, 0) is 0 Å². The molecule has 0 aliphatic carbocycles. The molecular formula is C14H21N3O3. The van der Waals surface area contributed by atoms with Crippen molar-refractivity contribution in [3.05, 3.63) is 28.3 Å². The summed E-state index contributed by atoms with van der Waals surface area (Å²) in [6.45, 7) is 5.14. The first-order valence-corrected chi connectivity index (χ1v) is 6.93. The third-order valence-corrected chi connectivity index (χ3v) is 3.32. The van der Waals surface area contributed by atoms with Crippen LogP contribution in [0.25, 0.3) is 0 Å². The van der Waals surface area contributed by atoms with Crippen molar-refractivity contribution in [3.63, 3.8) is 0 Å². The molecule has 1 aliphatic heterocycles. The number of nitro groups is 1. The Hall–Kier alpha value is -1.82. The third-order valence-electron chi connectivity index (χ3n) is 3.32. The highest BCUT2D eigenvalue weighted by molar-refractivity contribution is 5.70. The van der Waals surface area contributed by atoms with Gasteiger partial charge in [-0.15, -0.1) is 0 Å².